The molecule has 1 aromatic rings. The predicted octanol–water partition coefficient (Wildman–Crippen LogP) is 3.25. The first-order valence-corrected chi connectivity index (χ1v) is 5.73. The van der Waals surface area contributed by atoms with E-state index < -0.39 is 0 Å². The Morgan fingerprint density at radius 1 is 1.36 bits per heavy atom. The summed E-state index contributed by atoms with van der Waals surface area (Å²) in [6, 6.07) is 6.07. The molecule has 2 N–H and O–H groups in total. The van der Waals surface area contributed by atoms with Gasteiger partial charge in [-0.3, -0.25) is 5.14 Å². The van der Waals surface area contributed by atoms with Crippen LogP contribution in [0, 0.1) is 0 Å². The van der Waals surface area contributed by atoms with Crippen molar-refractivity contribution in [2.75, 3.05) is 7.11 Å². The van der Waals surface area contributed by atoms with Crippen LogP contribution in [0.2, 0.25) is 0 Å². The third kappa shape index (κ3) is 3.60. The van der Waals surface area contributed by atoms with Crippen molar-refractivity contribution in [1.82, 2.24) is 0 Å². The van der Waals surface area contributed by atoms with Crippen LogP contribution in [0.4, 0.5) is 0 Å². The molecule has 0 unspecified atom stereocenters. The fourth-order valence-corrected chi connectivity index (χ4v) is 1.52. The van der Waals surface area contributed by atoms with Gasteiger partial charge in [0, 0.05) is 0 Å². The first-order chi connectivity index (χ1) is 6.81. The topological polar surface area (TPSA) is 35.2 Å². The molecule has 1 aromatic carbocycles. The van der Waals surface area contributed by atoms with Crippen molar-refractivity contribution in [2.45, 2.75) is 32.1 Å². The van der Waals surface area contributed by atoms with E-state index in [0.717, 1.165) is 17.1 Å². The van der Waals surface area contributed by atoms with Crippen LogP contribution in [0.3, 0.4) is 0 Å². The highest BCUT2D eigenvalue weighted by Crippen LogP contribution is 2.26. The number of ether oxygens (including phenoxy) is 1. The van der Waals surface area contributed by atoms with Crippen LogP contribution < -0.4 is 9.88 Å². The van der Waals surface area contributed by atoms with E-state index in [0.29, 0.717) is 0 Å². The van der Waals surface area contributed by atoms with Crippen molar-refractivity contribution in [2.24, 2.45) is 5.14 Å². The Morgan fingerprint density at radius 2 is 2.00 bits per heavy atom. The van der Waals surface area contributed by atoms with Crippen molar-refractivity contribution >= 4 is 11.9 Å². The van der Waals surface area contributed by atoms with Crippen molar-refractivity contribution in [1.29, 1.82) is 0 Å². The maximum Gasteiger partial charge on any atom is 0.133 e. The number of hydrogen-bond donors (Lipinski definition) is 1. The van der Waals surface area contributed by atoms with E-state index in [1.165, 1.54) is 17.5 Å². The van der Waals surface area contributed by atoms with Crippen LogP contribution >= 0.6 is 11.9 Å². The monoisotopic (exact) mass is 213 g/mol. The Hall–Kier alpha value is -0.670. The summed E-state index contributed by atoms with van der Waals surface area (Å²) >= 11 is 1.22. The van der Waals surface area contributed by atoms with E-state index in [1.54, 1.807) is 7.11 Å². The minimum atomic E-state index is 0.847. The average Bonchev–Trinajstić information content (AvgIpc) is 2.30. The molecule has 0 saturated heterocycles. The molecule has 0 spiro atoms. The van der Waals surface area contributed by atoms with Gasteiger partial charge in [-0.25, -0.2) is 0 Å². The Kier molecular flexibility index (Phi) is 7.34. The van der Waals surface area contributed by atoms with Gasteiger partial charge in [-0.2, -0.15) is 0 Å². The zero-order chi connectivity index (χ0) is 11.0. The lowest BCUT2D eigenvalue weighted by Gasteiger charge is -2.06. The number of benzene rings is 1. The Balaban J connectivity index is 0.000000791. The van der Waals surface area contributed by atoms with Crippen molar-refractivity contribution in [3.63, 3.8) is 0 Å². The number of hydrogen-bond acceptors (Lipinski definition) is 3. The van der Waals surface area contributed by atoms with Gasteiger partial charge in [0.2, 0.25) is 0 Å². The van der Waals surface area contributed by atoms with Gasteiger partial charge >= 0.3 is 0 Å². The maximum absolute atomic E-state index is 5.49. The van der Waals surface area contributed by atoms with Gasteiger partial charge in [0.1, 0.15) is 5.75 Å². The lowest BCUT2D eigenvalue weighted by molar-refractivity contribution is 0.404. The summed E-state index contributed by atoms with van der Waals surface area (Å²) in [7, 11) is 1.65. The van der Waals surface area contributed by atoms with E-state index in [9.17, 15) is 0 Å². The van der Waals surface area contributed by atoms with Crippen LogP contribution in [-0.2, 0) is 6.42 Å². The third-order valence-corrected chi connectivity index (χ3v) is 2.34. The molecule has 0 saturated carbocycles. The molecule has 3 heteroatoms. The molecule has 0 atom stereocenters. The molecule has 0 heterocycles. The van der Waals surface area contributed by atoms with E-state index in [1.807, 2.05) is 19.9 Å². The fraction of sp³-hybridized carbons (Fsp3) is 0.455. The molecule has 0 aromatic heterocycles. The first-order valence-electron chi connectivity index (χ1n) is 4.85. The zero-order valence-corrected chi connectivity index (χ0v) is 10.1. The lowest BCUT2D eigenvalue weighted by Crippen LogP contribution is -1.90. The molecule has 0 aliphatic rings. The van der Waals surface area contributed by atoms with E-state index in [2.05, 4.69) is 19.1 Å². The fourth-order valence-electron chi connectivity index (χ4n) is 1.03. The summed E-state index contributed by atoms with van der Waals surface area (Å²) in [5, 5.41) is 5.49. The highest BCUT2D eigenvalue weighted by atomic mass is 32.2. The SMILES string of the molecule is CC.CCc1ccc(OC)c(SN)c1. The summed E-state index contributed by atoms with van der Waals surface area (Å²) < 4.78 is 5.13. The summed E-state index contributed by atoms with van der Waals surface area (Å²) in [5.41, 5.74) is 1.28. The molecule has 0 aliphatic heterocycles. The van der Waals surface area contributed by atoms with Crippen LogP contribution in [0.5, 0.6) is 5.75 Å². The number of rotatable bonds is 3. The quantitative estimate of drug-likeness (QED) is 0.783. The van der Waals surface area contributed by atoms with Gasteiger partial charge in [-0.05, 0) is 36.1 Å². The Morgan fingerprint density at radius 3 is 2.43 bits per heavy atom. The van der Waals surface area contributed by atoms with Gasteiger partial charge in [0.05, 0.1) is 12.0 Å². The van der Waals surface area contributed by atoms with Crippen LogP contribution in [-0.4, -0.2) is 7.11 Å². The van der Waals surface area contributed by atoms with E-state index in [-0.39, 0.29) is 0 Å². The van der Waals surface area contributed by atoms with E-state index >= 15 is 0 Å². The van der Waals surface area contributed by atoms with Crippen LogP contribution in [0.15, 0.2) is 23.1 Å². The van der Waals surface area contributed by atoms with Crippen LogP contribution in [0.25, 0.3) is 0 Å². The standard InChI is InChI=1S/C9H13NOS.C2H6/c1-3-7-4-5-8(11-2)9(6-7)12-10;1-2/h4-6H,3,10H2,1-2H3;1-2H3. The number of nitrogens with two attached hydrogens (primary N) is 1. The van der Waals surface area contributed by atoms with Gasteiger partial charge in [0.15, 0.2) is 0 Å². The van der Waals surface area contributed by atoms with Gasteiger partial charge in [0.25, 0.3) is 0 Å². The molecular weight excluding hydrogens is 194 g/mol. The molecule has 80 valence electrons. The molecular formula is C11H19NOS. The second kappa shape index (κ2) is 7.71. The zero-order valence-electron chi connectivity index (χ0n) is 9.33. The molecule has 0 fully saturated rings. The number of methoxy groups -OCH3 is 1. The average molecular weight is 213 g/mol. The summed E-state index contributed by atoms with van der Waals surface area (Å²) in [6.45, 7) is 6.12. The van der Waals surface area contributed by atoms with Gasteiger partial charge in [-0.15, -0.1) is 0 Å². The minimum absolute atomic E-state index is 0.847. The molecule has 0 bridgehead atoms. The van der Waals surface area contributed by atoms with Gasteiger partial charge in [-0.1, -0.05) is 26.8 Å². The third-order valence-electron chi connectivity index (χ3n) is 1.76. The molecule has 0 radical (unpaired) electrons. The highest BCUT2D eigenvalue weighted by molar-refractivity contribution is 7.97. The lowest BCUT2D eigenvalue weighted by atomic mass is 10.2. The van der Waals surface area contributed by atoms with Crippen molar-refractivity contribution in [3.8, 4) is 5.75 Å². The Bertz CT molecular complexity index is 263. The minimum Gasteiger partial charge on any atom is -0.496 e. The normalized spacial score (nSPS) is 8.93. The molecule has 14 heavy (non-hydrogen) atoms. The second-order valence-electron chi connectivity index (χ2n) is 2.46. The smallest absolute Gasteiger partial charge is 0.133 e. The first kappa shape index (κ1) is 13.3. The highest BCUT2D eigenvalue weighted by Gasteiger charge is 2.01. The summed E-state index contributed by atoms with van der Waals surface area (Å²) in [4.78, 5) is 0.997. The summed E-state index contributed by atoms with van der Waals surface area (Å²) in [5.74, 6) is 0.847. The second-order valence-corrected chi connectivity index (χ2v) is 3.13. The van der Waals surface area contributed by atoms with Crippen molar-refractivity contribution < 1.29 is 4.74 Å². The number of aryl methyl sites for hydroxylation is 1. The maximum atomic E-state index is 5.49. The summed E-state index contributed by atoms with van der Waals surface area (Å²) in [6.07, 6.45) is 1.03. The van der Waals surface area contributed by atoms with Crippen molar-refractivity contribution in [3.05, 3.63) is 23.8 Å². The molecule has 0 aliphatic carbocycles. The molecule has 1 rings (SSSR count). The van der Waals surface area contributed by atoms with E-state index in [4.69, 9.17) is 9.88 Å². The largest absolute Gasteiger partial charge is 0.496 e. The van der Waals surface area contributed by atoms with Crippen LogP contribution in [0.1, 0.15) is 26.3 Å². The van der Waals surface area contributed by atoms with Gasteiger partial charge < -0.3 is 4.74 Å². The molecule has 0 amide bonds. The predicted molar refractivity (Wildman–Crippen MR) is 63.8 cm³/mol. The molecule has 2 nitrogen and oxygen atoms in total. The Labute approximate surface area is 91.0 Å².